The molecule has 0 saturated heterocycles. The molecule has 1 unspecified atom stereocenters. The van der Waals surface area contributed by atoms with Crippen LogP contribution in [-0.2, 0) is 6.54 Å². The van der Waals surface area contributed by atoms with Crippen molar-refractivity contribution in [3.63, 3.8) is 0 Å². The Labute approximate surface area is 114 Å². The Balaban J connectivity index is 1.73. The van der Waals surface area contributed by atoms with E-state index >= 15 is 0 Å². The van der Waals surface area contributed by atoms with Crippen molar-refractivity contribution in [2.45, 2.75) is 26.4 Å². The summed E-state index contributed by atoms with van der Waals surface area (Å²) in [5, 5.41) is 3.60. The van der Waals surface area contributed by atoms with Crippen LogP contribution in [0.1, 0.15) is 28.3 Å². The lowest BCUT2D eigenvalue weighted by atomic mass is 10.0. The van der Waals surface area contributed by atoms with Crippen LogP contribution in [0.25, 0.3) is 0 Å². The van der Waals surface area contributed by atoms with E-state index in [0.29, 0.717) is 6.04 Å². The number of fused-ring (bicyclic) bond motifs is 1. The molecule has 1 atom stereocenters. The molecule has 0 amide bonds. The van der Waals surface area contributed by atoms with Crippen LogP contribution >= 0.6 is 0 Å². The average molecular weight is 253 g/mol. The van der Waals surface area contributed by atoms with Gasteiger partial charge in [0.05, 0.1) is 6.04 Å². The van der Waals surface area contributed by atoms with Gasteiger partial charge in [-0.05, 0) is 36.6 Å². The van der Waals surface area contributed by atoms with Gasteiger partial charge in [-0.3, -0.25) is 0 Å². The molecule has 1 heterocycles. The lowest BCUT2D eigenvalue weighted by Crippen LogP contribution is -2.22. The summed E-state index contributed by atoms with van der Waals surface area (Å²) in [7, 11) is 0. The highest BCUT2D eigenvalue weighted by molar-refractivity contribution is 5.39. The summed E-state index contributed by atoms with van der Waals surface area (Å²) in [5.41, 5.74) is 5.36. The molecule has 1 aliphatic rings. The van der Waals surface area contributed by atoms with E-state index in [1.165, 1.54) is 22.3 Å². The molecule has 2 nitrogen and oxygen atoms in total. The minimum absolute atomic E-state index is 0.302. The summed E-state index contributed by atoms with van der Waals surface area (Å²) in [4.78, 5) is 0. The van der Waals surface area contributed by atoms with Crippen molar-refractivity contribution in [1.82, 2.24) is 5.32 Å². The molecule has 19 heavy (non-hydrogen) atoms. The molecule has 0 aromatic heterocycles. The highest BCUT2D eigenvalue weighted by atomic mass is 16.5. The fourth-order valence-electron chi connectivity index (χ4n) is 2.57. The van der Waals surface area contributed by atoms with Gasteiger partial charge in [0, 0.05) is 12.1 Å². The van der Waals surface area contributed by atoms with Gasteiger partial charge in [-0.25, -0.2) is 0 Å². The zero-order chi connectivity index (χ0) is 13.2. The van der Waals surface area contributed by atoms with Crippen LogP contribution in [0, 0.1) is 13.8 Å². The summed E-state index contributed by atoms with van der Waals surface area (Å²) < 4.78 is 5.69. The number of hydrogen-bond acceptors (Lipinski definition) is 2. The van der Waals surface area contributed by atoms with Crippen molar-refractivity contribution >= 4 is 0 Å². The van der Waals surface area contributed by atoms with E-state index in [1.54, 1.807) is 0 Å². The normalized spacial score (nSPS) is 17.1. The molecule has 0 spiro atoms. The van der Waals surface area contributed by atoms with Crippen molar-refractivity contribution in [2.24, 2.45) is 0 Å². The maximum absolute atomic E-state index is 5.69. The van der Waals surface area contributed by atoms with Gasteiger partial charge >= 0.3 is 0 Å². The molecule has 0 radical (unpaired) electrons. The standard InChI is InChI=1S/C17H19NO/c1-12-6-5-7-14(13(12)2)10-18-16-11-19-17-9-4-3-8-15(16)17/h3-9,16,18H,10-11H2,1-2H3. The van der Waals surface area contributed by atoms with E-state index in [2.05, 4.69) is 49.5 Å². The van der Waals surface area contributed by atoms with Crippen LogP contribution in [0.15, 0.2) is 42.5 Å². The number of aryl methyl sites for hydroxylation is 1. The molecule has 2 aromatic carbocycles. The molecule has 0 aliphatic carbocycles. The number of nitrogens with one attached hydrogen (secondary N) is 1. The molecule has 0 saturated carbocycles. The van der Waals surface area contributed by atoms with E-state index < -0.39 is 0 Å². The van der Waals surface area contributed by atoms with Crippen LogP contribution in [-0.4, -0.2) is 6.61 Å². The smallest absolute Gasteiger partial charge is 0.124 e. The van der Waals surface area contributed by atoms with Gasteiger partial charge in [-0.15, -0.1) is 0 Å². The molecule has 2 heteroatoms. The molecule has 3 rings (SSSR count). The molecule has 98 valence electrons. The average Bonchev–Trinajstić information content (AvgIpc) is 2.84. The van der Waals surface area contributed by atoms with Crippen LogP contribution in [0.3, 0.4) is 0 Å². The number of ether oxygens (including phenoxy) is 1. The van der Waals surface area contributed by atoms with Gasteiger partial charge in [-0.2, -0.15) is 0 Å². The SMILES string of the molecule is Cc1cccc(CNC2COc3ccccc32)c1C. The minimum atomic E-state index is 0.302. The van der Waals surface area contributed by atoms with Gasteiger partial charge in [0.25, 0.3) is 0 Å². The van der Waals surface area contributed by atoms with Crippen LogP contribution < -0.4 is 10.1 Å². The zero-order valence-electron chi connectivity index (χ0n) is 11.4. The third-order valence-electron chi connectivity index (χ3n) is 3.96. The van der Waals surface area contributed by atoms with E-state index in [1.807, 2.05) is 12.1 Å². The molecule has 0 fully saturated rings. The van der Waals surface area contributed by atoms with Gasteiger partial charge < -0.3 is 10.1 Å². The van der Waals surface area contributed by atoms with E-state index in [4.69, 9.17) is 4.74 Å². The summed E-state index contributed by atoms with van der Waals surface area (Å²) in [6, 6.07) is 15.0. The molecular formula is C17H19NO. The first-order chi connectivity index (χ1) is 9.25. The quantitative estimate of drug-likeness (QED) is 0.903. The predicted molar refractivity (Wildman–Crippen MR) is 77.4 cm³/mol. The molecular weight excluding hydrogens is 234 g/mol. The summed E-state index contributed by atoms with van der Waals surface area (Å²) in [6.07, 6.45) is 0. The number of rotatable bonds is 3. The third-order valence-corrected chi connectivity index (χ3v) is 3.96. The largest absolute Gasteiger partial charge is 0.491 e. The van der Waals surface area contributed by atoms with E-state index in [-0.39, 0.29) is 0 Å². The Morgan fingerprint density at radius 3 is 2.84 bits per heavy atom. The Bertz CT molecular complexity index is 592. The summed E-state index contributed by atoms with van der Waals surface area (Å²) >= 11 is 0. The Kier molecular flexibility index (Phi) is 3.26. The number of para-hydroxylation sites is 1. The number of benzene rings is 2. The second-order valence-corrected chi connectivity index (χ2v) is 5.14. The van der Waals surface area contributed by atoms with Crippen molar-refractivity contribution in [3.8, 4) is 5.75 Å². The van der Waals surface area contributed by atoms with Crippen molar-refractivity contribution in [1.29, 1.82) is 0 Å². The first-order valence-electron chi connectivity index (χ1n) is 6.76. The molecule has 1 N–H and O–H groups in total. The highest BCUT2D eigenvalue weighted by Crippen LogP contribution is 2.31. The first-order valence-corrected chi connectivity index (χ1v) is 6.76. The molecule has 2 aromatic rings. The molecule has 0 bridgehead atoms. The Morgan fingerprint density at radius 2 is 1.95 bits per heavy atom. The fraction of sp³-hybridized carbons (Fsp3) is 0.294. The Hall–Kier alpha value is -1.80. The van der Waals surface area contributed by atoms with Gasteiger partial charge in [-0.1, -0.05) is 36.4 Å². The van der Waals surface area contributed by atoms with Crippen LogP contribution in [0.5, 0.6) is 5.75 Å². The van der Waals surface area contributed by atoms with Gasteiger partial charge in [0.2, 0.25) is 0 Å². The lowest BCUT2D eigenvalue weighted by molar-refractivity contribution is 0.310. The van der Waals surface area contributed by atoms with Crippen LogP contribution in [0.2, 0.25) is 0 Å². The maximum atomic E-state index is 5.69. The summed E-state index contributed by atoms with van der Waals surface area (Å²) in [5.74, 6) is 1.01. The summed E-state index contributed by atoms with van der Waals surface area (Å²) in [6.45, 7) is 5.96. The Morgan fingerprint density at radius 1 is 1.11 bits per heavy atom. The topological polar surface area (TPSA) is 21.3 Å². The van der Waals surface area contributed by atoms with Crippen LogP contribution in [0.4, 0.5) is 0 Å². The van der Waals surface area contributed by atoms with Crippen molar-refractivity contribution in [3.05, 3.63) is 64.7 Å². The zero-order valence-corrected chi connectivity index (χ0v) is 11.4. The monoisotopic (exact) mass is 253 g/mol. The third kappa shape index (κ3) is 2.36. The highest BCUT2D eigenvalue weighted by Gasteiger charge is 2.22. The van der Waals surface area contributed by atoms with Crippen molar-refractivity contribution < 1.29 is 4.74 Å². The molecule has 1 aliphatic heterocycles. The fourth-order valence-corrected chi connectivity index (χ4v) is 2.57. The maximum Gasteiger partial charge on any atom is 0.124 e. The van der Waals surface area contributed by atoms with E-state index in [0.717, 1.165) is 18.9 Å². The lowest BCUT2D eigenvalue weighted by Gasteiger charge is -2.14. The minimum Gasteiger partial charge on any atom is -0.491 e. The van der Waals surface area contributed by atoms with Gasteiger partial charge in [0.1, 0.15) is 12.4 Å². The first kappa shape index (κ1) is 12.2. The van der Waals surface area contributed by atoms with Gasteiger partial charge in [0.15, 0.2) is 0 Å². The second-order valence-electron chi connectivity index (χ2n) is 5.14. The second kappa shape index (κ2) is 5.06. The van der Waals surface area contributed by atoms with E-state index in [9.17, 15) is 0 Å². The number of hydrogen-bond donors (Lipinski definition) is 1. The predicted octanol–water partition coefficient (Wildman–Crippen LogP) is 3.53. The van der Waals surface area contributed by atoms with Crippen molar-refractivity contribution in [2.75, 3.05) is 6.61 Å².